The number of β-amino-alcohol motifs (C(OH)–C–C–N with tert-alkyl or cyclic N) is 1. The molecule has 4 heteroatoms. The number of halogens is 1. The molecule has 1 unspecified atom stereocenters. The molecule has 0 saturated carbocycles. The molecule has 0 bridgehead atoms. The highest BCUT2D eigenvalue weighted by molar-refractivity contribution is 5.85. The third kappa shape index (κ3) is 3.91. The summed E-state index contributed by atoms with van der Waals surface area (Å²) in [6.45, 7) is 1.84. The Bertz CT molecular complexity index is 850. The molecule has 3 aromatic rings. The fraction of sp³-hybridized carbons (Fsp3) is 0.182. The molecule has 3 nitrogen and oxygen atoms in total. The number of aliphatic hydroxyl groups excluding tert-OH is 1. The van der Waals surface area contributed by atoms with E-state index in [0.29, 0.717) is 13.2 Å². The molecule has 1 atom stereocenters. The van der Waals surface area contributed by atoms with Gasteiger partial charge in [0, 0.05) is 18.7 Å². The van der Waals surface area contributed by atoms with Crippen LogP contribution in [0.1, 0.15) is 22.8 Å². The van der Waals surface area contributed by atoms with Gasteiger partial charge in [-0.2, -0.15) is 0 Å². The smallest absolute Gasteiger partial charge is 0.124 e. The van der Waals surface area contributed by atoms with Gasteiger partial charge in [0.05, 0.1) is 6.10 Å². The molecule has 26 heavy (non-hydrogen) atoms. The number of hydrogen-bond acceptors (Lipinski definition) is 3. The SMILES string of the molecule is Cl.OC1CNCc2c(OCc3ccc(-c4ccccc4)cc3)cccc21. The summed E-state index contributed by atoms with van der Waals surface area (Å²) in [6, 6.07) is 24.7. The molecule has 134 valence electrons. The zero-order valence-electron chi connectivity index (χ0n) is 14.4. The maximum Gasteiger partial charge on any atom is 0.124 e. The molecule has 3 aromatic carbocycles. The Hall–Kier alpha value is -2.33. The number of ether oxygens (including phenoxy) is 1. The lowest BCUT2D eigenvalue weighted by molar-refractivity contribution is 0.163. The highest BCUT2D eigenvalue weighted by Crippen LogP contribution is 2.30. The molecule has 0 aromatic heterocycles. The van der Waals surface area contributed by atoms with Crippen molar-refractivity contribution in [3.05, 3.63) is 89.5 Å². The van der Waals surface area contributed by atoms with Crippen LogP contribution in [0.15, 0.2) is 72.8 Å². The molecule has 1 aliphatic heterocycles. The van der Waals surface area contributed by atoms with Gasteiger partial charge in [-0.25, -0.2) is 0 Å². The number of aliphatic hydroxyl groups is 1. The molecule has 0 aliphatic carbocycles. The zero-order valence-corrected chi connectivity index (χ0v) is 15.2. The second-order valence-electron chi connectivity index (χ2n) is 6.32. The van der Waals surface area contributed by atoms with E-state index in [1.807, 2.05) is 36.4 Å². The van der Waals surface area contributed by atoms with Gasteiger partial charge in [-0.05, 0) is 28.3 Å². The third-order valence-electron chi connectivity index (χ3n) is 4.62. The molecule has 4 rings (SSSR count). The molecule has 0 radical (unpaired) electrons. The van der Waals surface area contributed by atoms with Gasteiger partial charge in [-0.1, -0.05) is 66.7 Å². The van der Waals surface area contributed by atoms with E-state index in [1.54, 1.807) is 0 Å². The van der Waals surface area contributed by atoms with Crippen LogP contribution in [0.25, 0.3) is 11.1 Å². The molecule has 0 fully saturated rings. The van der Waals surface area contributed by atoms with Crippen molar-refractivity contribution in [1.29, 1.82) is 0 Å². The Balaban J connectivity index is 0.00000196. The Morgan fingerprint density at radius 2 is 1.62 bits per heavy atom. The van der Waals surface area contributed by atoms with Crippen molar-refractivity contribution >= 4 is 12.4 Å². The highest BCUT2D eigenvalue weighted by atomic mass is 35.5. The average Bonchev–Trinajstić information content (AvgIpc) is 2.68. The normalized spacial score (nSPS) is 15.7. The summed E-state index contributed by atoms with van der Waals surface area (Å²) >= 11 is 0. The summed E-state index contributed by atoms with van der Waals surface area (Å²) < 4.78 is 6.03. The van der Waals surface area contributed by atoms with Crippen molar-refractivity contribution in [2.45, 2.75) is 19.3 Å². The van der Waals surface area contributed by atoms with Crippen LogP contribution in [-0.2, 0) is 13.2 Å². The van der Waals surface area contributed by atoms with Crippen molar-refractivity contribution in [2.75, 3.05) is 6.54 Å². The van der Waals surface area contributed by atoms with Crippen LogP contribution in [0.3, 0.4) is 0 Å². The van der Waals surface area contributed by atoms with Crippen molar-refractivity contribution in [2.24, 2.45) is 0 Å². The highest BCUT2D eigenvalue weighted by Gasteiger charge is 2.20. The molecular formula is C22H22ClNO2. The molecule has 0 amide bonds. The fourth-order valence-electron chi connectivity index (χ4n) is 3.25. The minimum absolute atomic E-state index is 0. The van der Waals surface area contributed by atoms with Gasteiger partial charge in [0.15, 0.2) is 0 Å². The van der Waals surface area contributed by atoms with Gasteiger partial charge in [-0.15, -0.1) is 12.4 Å². The van der Waals surface area contributed by atoms with Crippen molar-refractivity contribution in [3.8, 4) is 16.9 Å². The largest absolute Gasteiger partial charge is 0.489 e. The van der Waals surface area contributed by atoms with E-state index in [9.17, 15) is 5.11 Å². The van der Waals surface area contributed by atoms with Gasteiger partial charge in [0.1, 0.15) is 12.4 Å². The minimum atomic E-state index is -0.461. The standard InChI is InChI=1S/C22H21NO2.ClH/c24-21-14-23-13-20-19(21)7-4-8-22(20)25-15-16-9-11-18(12-10-16)17-5-2-1-3-6-17;/h1-12,21,23-24H,13-15H2;1H. The summed E-state index contributed by atoms with van der Waals surface area (Å²) in [5.74, 6) is 0.843. The van der Waals surface area contributed by atoms with Crippen LogP contribution in [0, 0.1) is 0 Å². The number of nitrogens with one attached hydrogen (secondary N) is 1. The summed E-state index contributed by atoms with van der Waals surface area (Å²) in [5, 5.41) is 13.3. The van der Waals surface area contributed by atoms with Crippen molar-refractivity contribution in [1.82, 2.24) is 5.32 Å². The van der Waals surface area contributed by atoms with Crippen LogP contribution in [-0.4, -0.2) is 11.7 Å². The van der Waals surface area contributed by atoms with E-state index < -0.39 is 6.10 Å². The van der Waals surface area contributed by atoms with E-state index >= 15 is 0 Å². The average molecular weight is 368 g/mol. The first-order valence-corrected chi connectivity index (χ1v) is 8.59. The maximum absolute atomic E-state index is 10.1. The van der Waals surface area contributed by atoms with Crippen LogP contribution in [0.5, 0.6) is 5.75 Å². The monoisotopic (exact) mass is 367 g/mol. The summed E-state index contributed by atoms with van der Waals surface area (Å²) in [6.07, 6.45) is -0.461. The summed E-state index contributed by atoms with van der Waals surface area (Å²) in [5.41, 5.74) is 5.57. The fourth-order valence-corrected chi connectivity index (χ4v) is 3.25. The molecular weight excluding hydrogens is 346 g/mol. The molecule has 2 N–H and O–H groups in total. The Labute approximate surface area is 160 Å². The van der Waals surface area contributed by atoms with Crippen LogP contribution in [0.2, 0.25) is 0 Å². The first kappa shape index (κ1) is 18.5. The van der Waals surface area contributed by atoms with Gasteiger partial charge >= 0.3 is 0 Å². The number of hydrogen-bond donors (Lipinski definition) is 2. The third-order valence-corrected chi connectivity index (χ3v) is 4.62. The lowest BCUT2D eigenvalue weighted by Crippen LogP contribution is -2.28. The van der Waals surface area contributed by atoms with Crippen LogP contribution in [0.4, 0.5) is 0 Å². The Morgan fingerprint density at radius 3 is 2.38 bits per heavy atom. The lowest BCUT2D eigenvalue weighted by Gasteiger charge is -2.24. The van der Waals surface area contributed by atoms with Gasteiger partial charge in [0.2, 0.25) is 0 Å². The second kappa shape index (κ2) is 8.37. The van der Waals surface area contributed by atoms with E-state index in [4.69, 9.17) is 4.74 Å². The van der Waals surface area contributed by atoms with Crippen molar-refractivity contribution < 1.29 is 9.84 Å². The van der Waals surface area contributed by atoms with Crippen molar-refractivity contribution in [3.63, 3.8) is 0 Å². The topological polar surface area (TPSA) is 41.5 Å². The first-order valence-electron chi connectivity index (χ1n) is 8.59. The Morgan fingerprint density at radius 1 is 0.885 bits per heavy atom. The first-order chi connectivity index (χ1) is 12.3. The van der Waals surface area contributed by atoms with Gasteiger partial charge in [0.25, 0.3) is 0 Å². The lowest BCUT2D eigenvalue weighted by atomic mass is 9.98. The number of benzene rings is 3. The summed E-state index contributed by atoms with van der Waals surface area (Å²) in [4.78, 5) is 0. The predicted molar refractivity (Wildman–Crippen MR) is 107 cm³/mol. The van der Waals surface area contributed by atoms with Crippen LogP contribution < -0.4 is 10.1 Å². The van der Waals surface area contributed by atoms with E-state index in [2.05, 4.69) is 41.7 Å². The zero-order chi connectivity index (χ0) is 17.1. The predicted octanol–water partition coefficient (Wildman–Crippen LogP) is 4.49. The minimum Gasteiger partial charge on any atom is -0.489 e. The van der Waals surface area contributed by atoms with E-state index in [1.165, 1.54) is 11.1 Å². The maximum atomic E-state index is 10.1. The summed E-state index contributed by atoms with van der Waals surface area (Å²) in [7, 11) is 0. The Kier molecular flexibility index (Phi) is 5.94. The molecule has 1 heterocycles. The van der Waals surface area contributed by atoms with E-state index in [-0.39, 0.29) is 12.4 Å². The molecule has 0 saturated heterocycles. The van der Waals surface area contributed by atoms with Gasteiger partial charge < -0.3 is 15.2 Å². The van der Waals surface area contributed by atoms with Gasteiger partial charge in [-0.3, -0.25) is 0 Å². The number of rotatable bonds is 4. The molecule has 1 aliphatic rings. The second-order valence-corrected chi connectivity index (χ2v) is 6.32. The quantitative estimate of drug-likeness (QED) is 0.713. The van der Waals surface area contributed by atoms with E-state index in [0.717, 1.165) is 29.0 Å². The molecule has 0 spiro atoms. The number of fused-ring (bicyclic) bond motifs is 1. The van der Waals surface area contributed by atoms with Crippen LogP contribution >= 0.6 is 12.4 Å².